The van der Waals surface area contributed by atoms with E-state index in [0.717, 1.165) is 6.42 Å². The maximum atomic E-state index is 4.38. The molecule has 0 fully saturated rings. The summed E-state index contributed by atoms with van der Waals surface area (Å²) in [5.41, 5.74) is 1.17. The number of hydrogen-bond acceptors (Lipinski definition) is 2. The van der Waals surface area contributed by atoms with E-state index in [2.05, 4.69) is 41.4 Å². The van der Waals surface area contributed by atoms with Crippen LogP contribution < -0.4 is 0 Å². The van der Waals surface area contributed by atoms with Gasteiger partial charge in [-0.25, -0.2) is 0 Å². The third kappa shape index (κ3) is 12.6. The van der Waals surface area contributed by atoms with Crippen molar-refractivity contribution >= 4 is 10.8 Å². The van der Waals surface area contributed by atoms with E-state index in [0.29, 0.717) is 0 Å². The molecule has 0 atom stereocenters. The van der Waals surface area contributed by atoms with E-state index < -0.39 is 0 Å². The summed E-state index contributed by atoms with van der Waals surface area (Å²) in [5, 5.41) is 11.0. The van der Waals surface area contributed by atoms with Crippen LogP contribution in [-0.4, -0.2) is 10.2 Å². The minimum absolute atomic E-state index is 1.06. The molecule has 0 unspecified atom stereocenters. The van der Waals surface area contributed by atoms with Gasteiger partial charge in [0, 0.05) is 10.8 Å². The average Bonchev–Trinajstić information content (AvgIpc) is 2.83. The zero-order chi connectivity index (χ0) is 22.5. The van der Waals surface area contributed by atoms with E-state index in [1.54, 1.807) is 0 Å². The zero-order valence-corrected chi connectivity index (χ0v) is 21.1. The quantitative estimate of drug-likeness (QED) is 0.181. The van der Waals surface area contributed by atoms with Gasteiger partial charge in [0.2, 0.25) is 0 Å². The smallest absolute Gasteiger partial charge is 0.0709 e. The molecule has 2 aromatic rings. The molecule has 2 rings (SSSR count). The summed E-state index contributed by atoms with van der Waals surface area (Å²) in [6.07, 6.45) is 31.5. The first kappa shape index (κ1) is 26.8. The van der Waals surface area contributed by atoms with Crippen LogP contribution in [0.5, 0.6) is 0 Å². The topological polar surface area (TPSA) is 25.8 Å². The molecule has 2 nitrogen and oxygen atoms in total. The Morgan fingerprint density at radius 2 is 0.969 bits per heavy atom. The molecule has 2 heteroatoms. The lowest BCUT2D eigenvalue weighted by Crippen LogP contribution is -1.95. The van der Waals surface area contributed by atoms with Crippen LogP contribution in [0.2, 0.25) is 0 Å². The Morgan fingerprint density at radius 1 is 0.531 bits per heavy atom. The molecule has 180 valence electrons. The zero-order valence-electron chi connectivity index (χ0n) is 21.1. The van der Waals surface area contributed by atoms with Gasteiger partial charge >= 0.3 is 0 Å². The van der Waals surface area contributed by atoms with Crippen LogP contribution in [0.3, 0.4) is 0 Å². The minimum Gasteiger partial charge on any atom is -0.158 e. The summed E-state index contributed by atoms with van der Waals surface area (Å²) in [7, 11) is 0. The molecule has 1 aromatic heterocycles. The molecule has 32 heavy (non-hydrogen) atoms. The van der Waals surface area contributed by atoms with Crippen molar-refractivity contribution in [1.82, 2.24) is 10.2 Å². The number of aromatic nitrogens is 2. The SMILES string of the molecule is CCCCCCCCCCCCCCCCCCCCCCc1nncc2ccccc12. The highest BCUT2D eigenvalue weighted by atomic mass is 15.1. The van der Waals surface area contributed by atoms with Crippen molar-refractivity contribution in [2.45, 2.75) is 142 Å². The second kappa shape index (κ2) is 19.1. The first-order valence-electron chi connectivity index (χ1n) is 14.1. The molecule has 0 bridgehead atoms. The van der Waals surface area contributed by atoms with Crippen LogP contribution in [0.1, 0.15) is 141 Å². The molecular formula is C30H50N2. The minimum atomic E-state index is 1.06. The number of fused-ring (bicyclic) bond motifs is 1. The van der Waals surface area contributed by atoms with Crippen molar-refractivity contribution in [2.24, 2.45) is 0 Å². The summed E-state index contributed by atoms with van der Waals surface area (Å²) in [4.78, 5) is 0. The van der Waals surface area contributed by atoms with Gasteiger partial charge in [0.1, 0.15) is 0 Å². The van der Waals surface area contributed by atoms with Gasteiger partial charge in [-0.2, -0.15) is 10.2 Å². The van der Waals surface area contributed by atoms with Crippen molar-refractivity contribution in [3.05, 3.63) is 36.2 Å². The Bertz CT molecular complexity index is 676. The van der Waals surface area contributed by atoms with E-state index in [1.807, 2.05) is 6.20 Å². The number of aryl methyl sites for hydroxylation is 1. The van der Waals surface area contributed by atoms with Gasteiger partial charge < -0.3 is 0 Å². The standard InChI is InChI=1S/C30H50N2/c1-2-3-4-5-6-7-8-9-10-11-12-13-14-15-16-17-18-19-20-21-26-30-29-25-23-22-24-28(29)27-31-32-30/h22-25,27H,2-21,26H2,1H3. The second-order valence-corrected chi connectivity index (χ2v) is 9.85. The van der Waals surface area contributed by atoms with Gasteiger partial charge in [0.15, 0.2) is 0 Å². The molecule has 0 aliphatic heterocycles. The van der Waals surface area contributed by atoms with Crippen LogP contribution in [-0.2, 0) is 6.42 Å². The van der Waals surface area contributed by atoms with Crippen LogP contribution in [0, 0.1) is 0 Å². The van der Waals surface area contributed by atoms with Crippen molar-refractivity contribution in [1.29, 1.82) is 0 Å². The van der Waals surface area contributed by atoms with E-state index in [1.165, 1.54) is 145 Å². The maximum absolute atomic E-state index is 4.38. The lowest BCUT2D eigenvalue weighted by atomic mass is 10.0. The molecule has 0 aliphatic carbocycles. The number of unbranched alkanes of at least 4 members (excludes halogenated alkanes) is 19. The molecule has 0 radical (unpaired) electrons. The molecule has 0 spiro atoms. The predicted octanol–water partition coefficient (Wildman–Crippen LogP) is 9.99. The molecule has 1 aromatic carbocycles. The maximum Gasteiger partial charge on any atom is 0.0709 e. The third-order valence-corrected chi connectivity index (χ3v) is 6.91. The Balaban J connectivity index is 1.30. The molecule has 1 heterocycles. The summed E-state index contributed by atoms with van der Waals surface area (Å²) in [6.45, 7) is 2.30. The molecular weight excluding hydrogens is 388 g/mol. The third-order valence-electron chi connectivity index (χ3n) is 6.91. The second-order valence-electron chi connectivity index (χ2n) is 9.85. The van der Waals surface area contributed by atoms with Crippen LogP contribution >= 0.6 is 0 Å². The van der Waals surface area contributed by atoms with E-state index >= 15 is 0 Å². The molecule has 0 amide bonds. The summed E-state index contributed by atoms with van der Waals surface area (Å²) in [6, 6.07) is 8.48. The fourth-order valence-electron chi connectivity index (χ4n) is 4.82. The van der Waals surface area contributed by atoms with Crippen molar-refractivity contribution < 1.29 is 0 Å². The van der Waals surface area contributed by atoms with Crippen molar-refractivity contribution in [3.8, 4) is 0 Å². The highest BCUT2D eigenvalue weighted by Gasteiger charge is 2.02. The molecule has 0 saturated heterocycles. The van der Waals surface area contributed by atoms with Crippen LogP contribution in [0.4, 0.5) is 0 Å². The number of nitrogens with zero attached hydrogens (tertiary/aromatic N) is 2. The lowest BCUT2D eigenvalue weighted by molar-refractivity contribution is 0.521. The van der Waals surface area contributed by atoms with Crippen molar-refractivity contribution in [2.75, 3.05) is 0 Å². The Hall–Kier alpha value is -1.44. The number of rotatable bonds is 21. The molecule has 0 aliphatic rings. The summed E-state index contributed by atoms with van der Waals surface area (Å²) < 4.78 is 0. The Morgan fingerprint density at radius 3 is 1.47 bits per heavy atom. The monoisotopic (exact) mass is 438 g/mol. The van der Waals surface area contributed by atoms with E-state index in [9.17, 15) is 0 Å². The normalized spacial score (nSPS) is 11.4. The largest absolute Gasteiger partial charge is 0.158 e. The highest BCUT2D eigenvalue weighted by molar-refractivity contribution is 5.83. The van der Waals surface area contributed by atoms with E-state index in [4.69, 9.17) is 0 Å². The summed E-state index contributed by atoms with van der Waals surface area (Å²) in [5.74, 6) is 0. The van der Waals surface area contributed by atoms with Gasteiger partial charge in [0.25, 0.3) is 0 Å². The van der Waals surface area contributed by atoms with Gasteiger partial charge in [-0.3, -0.25) is 0 Å². The Labute approximate surface area is 199 Å². The molecule has 0 saturated carbocycles. The van der Waals surface area contributed by atoms with Gasteiger partial charge in [-0.15, -0.1) is 0 Å². The average molecular weight is 439 g/mol. The summed E-state index contributed by atoms with van der Waals surface area (Å²) >= 11 is 0. The van der Waals surface area contributed by atoms with Gasteiger partial charge in [-0.1, -0.05) is 153 Å². The first-order valence-corrected chi connectivity index (χ1v) is 14.1. The number of benzene rings is 1. The lowest BCUT2D eigenvalue weighted by Gasteiger charge is -2.05. The number of hydrogen-bond donors (Lipinski definition) is 0. The fourth-order valence-corrected chi connectivity index (χ4v) is 4.82. The molecule has 0 N–H and O–H groups in total. The van der Waals surface area contributed by atoms with E-state index in [-0.39, 0.29) is 0 Å². The van der Waals surface area contributed by atoms with Gasteiger partial charge in [-0.05, 0) is 12.8 Å². The van der Waals surface area contributed by atoms with Crippen molar-refractivity contribution in [3.63, 3.8) is 0 Å². The Kier molecular flexibility index (Phi) is 16.0. The van der Waals surface area contributed by atoms with Crippen LogP contribution in [0.25, 0.3) is 10.8 Å². The van der Waals surface area contributed by atoms with Gasteiger partial charge in [0.05, 0.1) is 11.9 Å². The first-order chi connectivity index (χ1) is 15.9. The highest BCUT2D eigenvalue weighted by Crippen LogP contribution is 2.18. The van der Waals surface area contributed by atoms with Crippen LogP contribution in [0.15, 0.2) is 30.5 Å². The fraction of sp³-hybridized carbons (Fsp3) is 0.733. The predicted molar refractivity (Wildman–Crippen MR) is 141 cm³/mol.